The Hall–Kier alpha value is -2.15. The van der Waals surface area contributed by atoms with Crippen molar-refractivity contribution in [3.63, 3.8) is 0 Å². The molecule has 1 atom stereocenters. The van der Waals surface area contributed by atoms with Crippen LogP contribution in [0.2, 0.25) is 0 Å². The van der Waals surface area contributed by atoms with Gasteiger partial charge in [0.15, 0.2) is 0 Å². The molecule has 0 radical (unpaired) electrons. The highest BCUT2D eigenvalue weighted by Crippen LogP contribution is 2.40. The molecule has 1 heterocycles. The third kappa shape index (κ3) is 3.99. The predicted octanol–water partition coefficient (Wildman–Crippen LogP) is 1.89. The SMILES string of the molecule is CNS(=O)(=O)c1cc2c(cc1C(F)(F)F)NC(Cc1ccccc1)NS2(=O)=O. The van der Waals surface area contributed by atoms with Crippen LogP contribution < -0.4 is 14.8 Å². The lowest BCUT2D eigenvalue weighted by molar-refractivity contribution is -0.139. The molecule has 0 saturated carbocycles. The van der Waals surface area contributed by atoms with Gasteiger partial charge in [-0.2, -0.15) is 17.9 Å². The maximum Gasteiger partial charge on any atom is 0.417 e. The van der Waals surface area contributed by atoms with E-state index in [-0.39, 0.29) is 12.1 Å². The molecule has 152 valence electrons. The number of alkyl halides is 3. The Morgan fingerprint density at radius 1 is 1.14 bits per heavy atom. The highest BCUT2D eigenvalue weighted by molar-refractivity contribution is 7.90. The molecule has 0 spiro atoms. The number of sulfonamides is 2. The van der Waals surface area contributed by atoms with Crippen LogP contribution in [0.5, 0.6) is 0 Å². The third-order valence-electron chi connectivity index (χ3n) is 4.14. The second-order valence-corrected chi connectivity index (χ2v) is 9.60. The van der Waals surface area contributed by atoms with Crippen molar-refractivity contribution in [2.45, 2.75) is 28.6 Å². The molecule has 0 saturated heterocycles. The number of nitrogens with one attached hydrogen (secondary N) is 3. The largest absolute Gasteiger partial charge is 0.417 e. The predicted molar refractivity (Wildman–Crippen MR) is 95.6 cm³/mol. The van der Waals surface area contributed by atoms with Crippen molar-refractivity contribution in [2.24, 2.45) is 0 Å². The minimum absolute atomic E-state index is 0.178. The van der Waals surface area contributed by atoms with Crippen LogP contribution in [0, 0.1) is 0 Å². The standard InChI is InChI=1S/C16H16F3N3O4S2/c1-20-27(23,24)13-9-14-12(8-11(13)16(17,18)19)21-15(22-28(14,25)26)7-10-5-3-2-4-6-10/h2-6,8-9,15,20-22H,7H2,1H3. The number of halogens is 3. The first-order valence-corrected chi connectivity index (χ1v) is 10.9. The van der Waals surface area contributed by atoms with E-state index in [9.17, 15) is 30.0 Å². The maximum atomic E-state index is 13.4. The number of hydrogen-bond acceptors (Lipinski definition) is 5. The quantitative estimate of drug-likeness (QED) is 0.680. The van der Waals surface area contributed by atoms with Gasteiger partial charge in [-0.3, -0.25) is 0 Å². The zero-order valence-electron chi connectivity index (χ0n) is 14.4. The number of anilines is 1. The molecule has 28 heavy (non-hydrogen) atoms. The van der Waals surface area contributed by atoms with E-state index in [0.29, 0.717) is 12.1 Å². The van der Waals surface area contributed by atoms with Gasteiger partial charge in [0.1, 0.15) is 4.90 Å². The molecule has 7 nitrogen and oxygen atoms in total. The van der Waals surface area contributed by atoms with Gasteiger partial charge in [-0.25, -0.2) is 21.6 Å². The van der Waals surface area contributed by atoms with Gasteiger partial charge in [-0.05, 0) is 24.7 Å². The lowest BCUT2D eigenvalue weighted by atomic mass is 10.1. The van der Waals surface area contributed by atoms with Gasteiger partial charge in [0.2, 0.25) is 20.0 Å². The normalized spacial score (nSPS) is 18.9. The monoisotopic (exact) mass is 435 g/mol. The molecule has 0 fully saturated rings. The molecule has 0 aliphatic carbocycles. The van der Waals surface area contributed by atoms with Crippen LogP contribution in [-0.2, 0) is 32.6 Å². The number of fused-ring (bicyclic) bond motifs is 1. The summed E-state index contributed by atoms with van der Waals surface area (Å²) in [7, 11) is -7.84. The molecule has 12 heteroatoms. The lowest BCUT2D eigenvalue weighted by Crippen LogP contribution is -2.46. The van der Waals surface area contributed by atoms with Crippen LogP contribution in [0.3, 0.4) is 0 Å². The van der Waals surface area contributed by atoms with Crippen molar-refractivity contribution in [1.29, 1.82) is 0 Å². The summed E-state index contributed by atoms with van der Waals surface area (Å²) in [6, 6.07) is 9.78. The van der Waals surface area contributed by atoms with E-state index in [1.165, 1.54) is 0 Å². The molecule has 1 aliphatic heterocycles. The van der Waals surface area contributed by atoms with E-state index in [0.717, 1.165) is 12.6 Å². The first kappa shape index (κ1) is 20.6. The lowest BCUT2D eigenvalue weighted by Gasteiger charge is -2.29. The summed E-state index contributed by atoms with van der Waals surface area (Å²) in [6.07, 6.45) is -5.72. The highest BCUT2D eigenvalue weighted by Gasteiger charge is 2.41. The van der Waals surface area contributed by atoms with Gasteiger partial charge < -0.3 is 5.32 Å². The molecule has 3 N–H and O–H groups in total. The van der Waals surface area contributed by atoms with Crippen LogP contribution in [-0.4, -0.2) is 30.0 Å². The van der Waals surface area contributed by atoms with Gasteiger partial charge in [0.25, 0.3) is 0 Å². The van der Waals surface area contributed by atoms with E-state index in [1.54, 1.807) is 35.1 Å². The topological polar surface area (TPSA) is 104 Å². The first-order valence-electron chi connectivity index (χ1n) is 7.95. The Labute approximate surface area is 160 Å². The Kier molecular flexibility index (Phi) is 5.17. The zero-order chi connectivity index (χ0) is 20.7. The average molecular weight is 435 g/mol. The third-order valence-corrected chi connectivity index (χ3v) is 7.11. The van der Waals surface area contributed by atoms with Crippen molar-refractivity contribution in [3.05, 3.63) is 53.6 Å². The van der Waals surface area contributed by atoms with Gasteiger partial charge in [0, 0.05) is 6.42 Å². The summed E-state index contributed by atoms with van der Waals surface area (Å²) in [5.41, 5.74) is -1.01. The molecule has 3 rings (SSSR count). The number of rotatable bonds is 4. The first-order chi connectivity index (χ1) is 12.9. The van der Waals surface area contributed by atoms with Gasteiger partial charge in [-0.1, -0.05) is 30.3 Å². The van der Waals surface area contributed by atoms with E-state index < -0.39 is 47.7 Å². The van der Waals surface area contributed by atoms with Crippen molar-refractivity contribution < 1.29 is 30.0 Å². The molecule has 2 aromatic carbocycles. The Bertz CT molecular complexity index is 1100. The molecular formula is C16H16F3N3O4S2. The van der Waals surface area contributed by atoms with Gasteiger partial charge in [0.05, 0.1) is 22.3 Å². The van der Waals surface area contributed by atoms with Gasteiger partial charge >= 0.3 is 6.18 Å². The van der Waals surface area contributed by atoms with Crippen LogP contribution in [0.25, 0.3) is 0 Å². The van der Waals surface area contributed by atoms with E-state index in [1.807, 2.05) is 0 Å². The highest BCUT2D eigenvalue weighted by atomic mass is 32.2. The molecule has 1 unspecified atom stereocenters. The average Bonchev–Trinajstić information content (AvgIpc) is 2.60. The summed E-state index contributed by atoms with van der Waals surface area (Å²) < 4.78 is 93.6. The van der Waals surface area contributed by atoms with Crippen molar-refractivity contribution in [2.75, 3.05) is 12.4 Å². The van der Waals surface area contributed by atoms with E-state index in [2.05, 4.69) is 10.0 Å². The van der Waals surface area contributed by atoms with Crippen LogP contribution in [0.1, 0.15) is 11.1 Å². The fraction of sp³-hybridized carbons (Fsp3) is 0.250. The van der Waals surface area contributed by atoms with Gasteiger partial charge in [-0.15, -0.1) is 0 Å². The fourth-order valence-corrected chi connectivity index (χ4v) is 5.22. The summed E-state index contributed by atoms with van der Waals surface area (Å²) >= 11 is 0. The molecular weight excluding hydrogens is 419 g/mol. The Balaban J connectivity index is 2.12. The van der Waals surface area contributed by atoms with E-state index >= 15 is 0 Å². The molecule has 0 amide bonds. The van der Waals surface area contributed by atoms with Crippen molar-refractivity contribution >= 4 is 25.7 Å². The van der Waals surface area contributed by atoms with Crippen LogP contribution in [0.4, 0.5) is 18.9 Å². The summed E-state index contributed by atoms with van der Waals surface area (Å²) in [5, 5.41) is 2.70. The maximum absolute atomic E-state index is 13.4. The minimum atomic E-state index is -5.00. The van der Waals surface area contributed by atoms with Crippen molar-refractivity contribution in [3.8, 4) is 0 Å². The fourth-order valence-electron chi connectivity index (χ4n) is 2.86. The van der Waals surface area contributed by atoms with Crippen LogP contribution in [0.15, 0.2) is 52.3 Å². The molecule has 0 bridgehead atoms. The second-order valence-electron chi connectivity index (χ2n) is 6.06. The second kappa shape index (κ2) is 7.03. The Morgan fingerprint density at radius 2 is 1.79 bits per heavy atom. The summed E-state index contributed by atoms with van der Waals surface area (Å²) in [4.78, 5) is -1.73. The van der Waals surface area contributed by atoms with Crippen LogP contribution >= 0.6 is 0 Å². The minimum Gasteiger partial charge on any atom is -0.368 e. The molecule has 0 aromatic heterocycles. The molecule has 2 aromatic rings. The Morgan fingerprint density at radius 3 is 2.36 bits per heavy atom. The smallest absolute Gasteiger partial charge is 0.368 e. The summed E-state index contributed by atoms with van der Waals surface area (Å²) in [5.74, 6) is 0. The zero-order valence-corrected chi connectivity index (χ0v) is 16.0. The summed E-state index contributed by atoms with van der Waals surface area (Å²) in [6.45, 7) is 0. The number of hydrogen-bond donors (Lipinski definition) is 3. The van der Waals surface area contributed by atoms with E-state index in [4.69, 9.17) is 0 Å². The number of benzene rings is 2. The molecule has 1 aliphatic rings. The van der Waals surface area contributed by atoms with Crippen molar-refractivity contribution in [1.82, 2.24) is 9.44 Å².